The standard InChI is InChI=1S/C8H5IO2/c9-6-7-10-11-8-4-2-1-3-5-8/h1-5H. The van der Waals surface area contributed by atoms with Crippen LogP contribution in [0.2, 0.25) is 0 Å². The first-order valence-electron chi connectivity index (χ1n) is 2.92. The van der Waals surface area contributed by atoms with E-state index in [4.69, 9.17) is 4.89 Å². The van der Waals surface area contributed by atoms with Crippen molar-refractivity contribution in [3.63, 3.8) is 0 Å². The lowest BCUT2D eigenvalue weighted by atomic mass is 10.3. The van der Waals surface area contributed by atoms with E-state index in [0.717, 1.165) is 0 Å². The summed E-state index contributed by atoms with van der Waals surface area (Å²) in [6, 6.07) is 9.19. The van der Waals surface area contributed by atoms with E-state index in [0.29, 0.717) is 5.75 Å². The summed E-state index contributed by atoms with van der Waals surface area (Å²) >= 11 is 1.86. The Bertz CT molecular complexity index is 260. The molecular weight excluding hydrogens is 255 g/mol. The predicted octanol–water partition coefficient (Wildman–Crippen LogP) is 2.35. The van der Waals surface area contributed by atoms with Crippen LogP contribution in [0, 0.1) is 10.0 Å². The van der Waals surface area contributed by atoms with Crippen LogP contribution in [0.4, 0.5) is 0 Å². The fourth-order valence-corrected chi connectivity index (χ4v) is 0.651. The third-order valence-electron chi connectivity index (χ3n) is 0.961. The molecule has 1 rings (SSSR count). The molecule has 0 saturated heterocycles. The molecule has 0 aliphatic rings. The summed E-state index contributed by atoms with van der Waals surface area (Å²) in [5.74, 6) is 0.645. The first kappa shape index (κ1) is 8.21. The summed E-state index contributed by atoms with van der Waals surface area (Å²) in [6.07, 6.45) is 2.31. The zero-order valence-corrected chi connectivity index (χ0v) is 7.74. The molecule has 0 aliphatic heterocycles. The second-order valence-corrected chi connectivity index (χ2v) is 2.22. The number of benzene rings is 1. The van der Waals surface area contributed by atoms with Crippen LogP contribution in [0.25, 0.3) is 0 Å². The van der Waals surface area contributed by atoms with Gasteiger partial charge in [-0.3, -0.25) is 4.89 Å². The van der Waals surface area contributed by atoms with Gasteiger partial charge >= 0.3 is 0 Å². The fraction of sp³-hybridized carbons (Fsp3) is 0. The molecule has 0 heterocycles. The minimum atomic E-state index is 0.645. The second kappa shape index (κ2) is 4.85. The molecule has 0 fully saturated rings. The molecule has 2 nitrogen and oxygen atoms in total. The van der Waals surface area contributed by atoms with Crippen molar-refractivity contribution in [2.24, 2.45) is 0 Å². The quantitative estimate of drug-likeness (QED) is 0.351. The summed E-state index contributed by atoms with van der Waals surface area (Å²) in [5, 5.41) is 0. The van der Waals surface area contributed by atoms with E-state index in [2.05, 4.69) is 14.9 Å². The monoisotopic (exact) mass is 260 g/mol. The average Bonchev–Trinajstić information content (AvgIpc) is 2.07. The molecule has 56 valence electrons. The van der Waals surface area contributed by atoms with Gasteiger partial charge in [-0.25, -0.2) is 4.89 Å². The Morgan fingerprint density at radius 1 is 1.18 bits per heavy atom. The molecule has 0 radical (unpaired) electrons. The zero-order valence-electron chi connectivity index (χ0n) is 5.58. The SMILES string of the molecule is IC#COOc1ccccc1. The Balaban J connectivity index is 2.43. The lowest BCUT2D eigenvalue weighted by molar-refractivity contribution is -0.133. The highest BCUT2D eigenvalue weighted by Gasteiger charge is 1.87. The first-order valence-corrected chi connectivity index (χ1v) is 4.00. The summed E-state index contributed by atoms with van der Waals surface area (Å²) in [4.78, 5) is 9.27. The number of hydrogen-bond donors (Lipinski definition) is 0. The van der Waals surface area contributed by atoms with Crippen molar-refractivity contribution in [2.45, 2.75) is 0 Å². The van der Waals surface area contributed by atoms with E-state index in [1.807, 2.05) is 40.8 Å². The highest BCUT2D eigenvalue weighted by Crippen LogP contribution is 2.07. The van der Waals surface area contributed by atoms with E-state index in [9.17, 15) is 0 Å². The Morgan fingerprint density at radius 3 is 2.55 bits per heavy atom. The minimum Gasteiger partial charge on any atom is -0.281 e. The number of rotatable bonds is 2. The molecule has 0 saturated carbocycles. The van der Waals surface area contributed by atoms with Gasteiger partial charge in [0.1, 0.15) is 0 Å². The van der Waals surface area contributed by atoms with Crippen LogP contribution in [-0.4, -0.2) is 0 Å². The average molecular weight is 260 g/mol. The second-order valence-electron chi connectivity index (χ2n) is 1.68. The normalized spacial score (nSPS) is 7.73. The molecule has 0 spiro atoms. The molecule has 1 aromatic rings. The van der Waals surface area contributed by atoms with Crippen molar-refractivity contribution in [2.75, 3.05) is 0 Å². The van der Waals surface area contributed by atoms with Crippen molar-refractivity contribution in [1.29, 1.82) is 0 Å². The van der Waals surface area contributed by atoms with Crippen LogP contribution in [-0.2, 0) is 4.89 Å². The van der Waals surface area contributed by atoms with Crippen molar-refractivity contribution < 1.29 is 9.78 Å². The molecule has 0 aliphatic carbocycles. The number of halogens is 1. The molecule has 0 atom stereocenters. The maximum atomic E-state index is 4.77. The molecule has 3 heteroatoms. The molecule has 0 aromatic heterocycles. The van der Waals surface area contributed by atoms with Gasteiger partial charge in [0.25, 0.3) is 0 Å². The maximum Gasteiger partial charge on any atom is 0.182 e. The van der Waals surface area contributed by atoms with E-state index >= 15 is 0 Å². The molecular formula is C8H5IO2. The Hall–Kier alpha value is -0.890. The third-order valence-corrected chi connectivity index (χ3v) is 1.18. The van der Waals surface area contributed by atoms with Gasteiger partial charge in [0.2, 0.25) is 0 Å². The van der Waals surface area contributed by atoms with Crippen LogP contribution >= 0.6 is 22.6 Å². The Labute approximate surface area is 78.6 Å². The van der Waals surface area contributed by atoms with Gasteiger partial charge in [-0.2, -0.15) is 0 Å². The number of para-hydroxylation sites is 1. The largest absolute Gasteiger partial charge is 0.281 e. The van der Waals surface area contributed by atoms with Crippen molar-refractivity contribution in [3.8, 4) is 15.8 Å². The smallest absolute Gasteiger partial charge is 0.182 e. The van der Waals surface area contributed by atoms with Crippen LogP contribution < -0.4 is 4.89 Å². The van der Waals surface area contributed by atoms with Gasteiger partial charge in [0.15, 0.2) is 11.9 Å². The van der Waals surface area contributed by atoms with E-state index in [1.54, 1.807) is 12.1 Å². The fourth-order valence-electron chi connectivity index (χ4n) is 0.561. The summed E-state index contributed by atoms with van der Waals surface area (Å²) in [5.41, 5.74) is 0. The molecule has 0 unspecified atom stereocenters. The predicted molar refractivity (Wildman–Crippen MR) is 50.0 cm³/mol. The molecule has 11 heavy (non-hydrogen) atoms. The zero-order chi connectivity index (χ0) is 7.94. The topological polar surface area (TPSA) is 18.5 Å². The van der Waals surface area contributed by atoms with E-state index < -0.39 is 0 Å². The Morgan fingerprint density at radius 2 is 1.91 bits per heavy atom. The highest BCUT2D eigenvalue weighted by atomic mass is 127. The minimum absolute atomic E-state index is 0.645. The van der Waals surface area contributed by atoms with Crippen molar-refractivity contribution >= 4 is 22.6 Å². The van der Waals surface area contributed by atoms with Gasteiger partial charge in [-0.1, -0.05) is 18.2 Å². The van der Waals surface area contributed by atoms with Gasteiger partial charge in [0, 0.05) is 26.5 Å². The van der Waals surface area contributed by atoms with Gasteiger partial charge in [0.05, 0.1) is 0 Å². The molecule has 1 aromatic carbocycles. The summed E-state index contributed by atoms with van der Waals surface area (Å²) in [6.45, 7) is 0. The van der Waals surface area contributed by atoms with Crippen molar-refractivity contribution in [1.82, 2.24) is 0 Å². The first-order chi connectivity index (χ1) is 5.43. The summed E-state index contributed by atoms with van der Waals surface area (Å²) < 4.78 is 2.51. The van der Waals surface area contributed by atoms with Crippen LogP contribution in [0.3, 0.4) is 0 Å². The van der Waals surface area contributed by atoms with E-state index in [1.165, 1.54) is 0 Å². The van der Waals surface area contributed by atoms with Crippen LogP contribution in [0.1, 0.15) is 0 Å². The maximum absolute atomic E-state index is 4.77. The van der Waals surface area contributed by atoms with Gasteiger partial charge < -0.3 is 0 Å². The molecule has 0 bridgehead atoms. The lowest BCUT2D eigenvalue weighted by Gasteiger charge is -1.96. The van der Waals surface area contributed by atoms with Crippen molar-refractivity contribution in [3.05, 3.63) is 30.3 Å². The molecule has 0 N–H and O–H groups in total. The van der Waals surface area contributed by atoms with Crippen LogP contribution in [0.15, 0.2) is 30.3 Å². The highest BCUT2D eigenvalue weighted by molar-refractivity contribution is 14.1. The summed E-state index contributed by atoms with van der Waals surface area (Å²) in [7, 11) is 0. The van der Waals surface area contributed by atoms with Gasteiger partial charge in [-0.05, 0) is 12.1 Å². The van der Waals surface area contributed by atoms with Crippen LogP contribution in [0.5, 0.6) is 5.75 Å². The lowest BCUT2D eigenvalue weighted by Crippen LogP contribution is -1.88. The van der Waals surface area contributed by atoms with E-state index in [-0.39, 0.29) is 0 Å². The Kier molecular flexibility index (Phi) is 3.62. The van der Waals surface area contributed by atoms with Gasteiger partial charge in [-0.15, -0.1) is 0 Å². The molecule has 0 amide bonds. The number of hydrogen-bond acceptors (Lipinski definition) is 2. The third kappa shape index (κ3) is 3.14.